The van der Waals surface area contributed by atoms with Crippen LogP contribution in [0.2, 0.25) is 0 Å². The molecule has 1 aliphatic heterocycles. The van der Waals surface area contributed by atoms with Gasteiger partial charge in [0.2, 0.25) is 5.82 Å². The lowest BCUT2D eigenvalue weighted by atomic mass is 9.99. The fourth-order valence-corrected chi connectivity index (χ4v) is 4.32. The Labute approximate surface area is 193 Å². The van der Waals surface area contributed by atoms with E-state index in [4.69, 9.17) is 9.47 Å². The molecule has 2 heterocycles. The first-order valence-electron chi connectivity index (χ1n) is 11.4. The number of ether oxygens (including phenoxy) is 2. The van der Waals surface area contributed by atoms with Crippen molar-refractivity contribution in [3.05, 3.63) is 65.2 Å². The highest BCUT2D eigenvalue weighted by Gasteiger charge is 2.31. The van der Waals surface area contributed by atoms with Crippen LogP contribution >= 0.6 is 0 Å². The zero-order valence-electron chi connectivity index (χ0n) is 19.1. The van der Waals surface area contributed by atoms with Crippen LogP contribution in [-0.4, -0.2) is 59.4 Å². The molecule has 8 nitrogen and oxygen atoms in total. The predicted molar refractivity (Wildman–Crippen MR) is 124 cm³/mol. The zero-order valence-corrected chi connectivity index (χ0v) is 19.1. The molecular weight excluding hydrogens is 418 g/mol. The van der Waals surface area contributed by atoms with Crippen LogP contribution in [0.1, 0.15) is 46.3 Å². The van der Waals surface area contributed by atoms with Gasteiger partial charge in [-0.2, -0.15) is 0 Å². The molecular formula is C25H29N5O3. The number of amides is 1. The number of nitrogens with one attached hydrogen (secondary N) is 1. The molecule has 8 heteroatoms. The van der Waals surface area contributed by atoms with Gasteiger partial charge >= 0.3 is 0 Å². The van der Waals surface area contributed by atoms with Crippen molar-refractivity contribution in [2.24, 2.45) is 0 Å². The van der Waals surface area contributed by atoms with Crippen LogP contribution in [0.3, 0.4) is 0 Å². The summed E-state index contributed by atoms with van der Waals surface area (Å²) in [5, 5.41) is 7.53. The third-order valence-electron chi connectivity index (χ3n) is 6.29. The second kappa shape index (κ2) is 9.23. The standard InChI is InChI=1S/C25H29N5O3/c1-32-21-14-18-10-12-29(16-19(18)15-22(21)33-2)13-11-26-25(31)23-27-24(17-8-9-17)30(28-23)20-6-4-3-5-7-20/h3-7,14-15,17H,8-13,16H2,1-2H3,(H,26,31). The van der Waals surface area contributed by atoms with Gasteiger partial charge in [-0.1, -0.05) is 18.2 Å². The smallest absolute Gasteiger partial charge is 0.291 e. The number of hydrogen-bond donors (Lipinski definition) is 1. The molecule has 3 aromatic rings. The minimum absolute atomic E-state index is 0.226. The molecule has 172 valence electrons. The molecule has 1 aliphatic carbocycles. The second-order valence-electron chi connectivity index (χ2n) is 8.57. The number of para-hydroxylation sites is 1. The van der Waals surface area contributed by atoms with Crippen molar-refractivity contribution in [2.45, 2.75) is 31.7 Å². The Morgan fingerprint density at radius 3 is 2.52 bits per heavy atom. The molecule has 0 spiro atoms. The number of carbonyl (C=O) groups is 1. The van der Waals surface area contributed by atoms with Gasteiger partial charge in [0.1, 0.15) is 5.82 Å². The molecule has 0 saturated heterocycles. The van der Waals surface area contributed by atoms with Crippen LogP contribution < -0.4 is 14.8 Å². The van der Waals surface area contributed by atoms with E-state index in [0.717, 1.165) is 61.9 Å². The molecule has 0 atom stereocenters. The van der Waals surface area contributed by atoms with Gasteiger partial charge in [-0.05, 0) is 54.7 Å². The number of aromatic nitrogens is 3. The minimum Gasteiger partial charge on any atom is -0.493 e. The molecule has 0 bridgehead atoms. The Morgan fingerprint density at radius 2 is 1.82 bits per heavy atom. The molecule has 0 radical (unpaired) electrons. The Bertz CT molecular complexity index is 1140. The molecule has 1 N–H and O–H groups in total. The summed E-state index contributed by atoms with van der Waals surface area (Å²) in [5.41, 5.74) is 3.46. The summed E-state index contributed by atoms with van der Waals surface area (Å²) >= 11 is 0. The molecule has 2 aromatic carbocycles. The van der Waals surface area contributed by atoms with Gasteiger partial charge in [-0.25, -0.2) is 9.67 Å². The highest BCUT2D eigenvalue weighted by molar-refractivity contribution is 5.90. The lowest BCUT2D eigenvalue weighted by Crippen LogP contribution is -2.38. The third kappa shape index (κ3) is 4.57. The van der Waals surface area contributed by atoms with Crippen LogP contribution in [0, 0.1) is 0 Å². The van der Waals surface area contributed by atoms with Crippen LogP contribution in [0.4, 0.5) is 0 Å². The van der Waals surface area contributed by atoms with Gasteiger partial charge in [0.05, 0.1) is 19.9 Å². The first kappa shape index (κ1) is 21.5. The van der Waals surface area contributed by atoms with Gasteiger partial charge in [0.15, 0.2) is 11.5 Å². The van der Waals surface area contributed by atoms with E-state index in [-0.39, 0.29) is 11.7 Å². The summed E-state index contributed by atoms with van der Waals surface area (Å²) in [4.78, 5) is 19.7. The number of hydrogen-bond acceptors (Lipinski definition) is 6. The molecule has 0 unspecified atom stereocenters. The first-order chi connectivity index (χ1) is 16.2. The predicted octanol–water partition coefficient (Wildman–Crippen LogP) is 2.95. The van der Waals surface area contributed by atoms with Crippen molar-refractivity contribution in [3.8, 4) is 17.2 Å². The average molecular weight is 448 g/mol. The highest BCUT2D eigenvalue weighted by Crippen LogP contribution is 2.39. The summed E-state index contributed by atoms with van der Waals surface area (Å²) < 4.78 is 12.7. The van der Waals surface area contributed by atoms with Gasteiger partial charge in [0, 0.05) is 32.1 Å². The molecule has 1 aromatic heterocycles. The van der Waals surface area contributed by atoms with Crippen molar-refractivity contribution in [3.63, 3.8) is 0 Å². The largest absolute Gasteiger partial charge is 0.493 e. The maximum atomic E-state index is 12.8. The topological polar surface area (TPSA) is 81.5 Å². The maximum absolute atomic E-state index is 12.8. The number of nitrogens with zero attached hydrogens (tertiary/aromatic N) is 4. The average Bonchev–Trinajstić information content (AvgIpc) is 3.61. The van der Waals surface area contributed by atoms with Gasteiger partial charge < -0.3 is 14.8 Å². The SMILES string of the molecule is COc1cc2c(cc1OC)CN(CCNC(=O)c1nc(C3CC3)n(-c3ccccc3)n1)CC2. The summed E-state index contributed by atoms with van der Waals surface area (Å²) in [6.07, 6.45) is 3.14. The maximum Gasteiger partial charge on any atom is 0.291 e. The molecule has 1 amide bonds. The van der Waals surface area contributed by atoms with Crippen molar-refractivity contribution in [1.82, 2.24) is 25.0 Å². The normalized spacial score (nSPS) is 15.7. The Morgan fingerprint density at radius 1 is 1.09 bits per heavy atom. The quantitative estimate of drug-likeness (QED) is 0.572. The van der Waals surface area contributed by atoms with Crippen LogP contribution in [0.15, 0.2) is 42.5 Å². The molecule has 5 rings (SSSR count). The number of fused-ring (bicyclic) bond motifs is 1. The summed E-state index contributed by atoms with van der Waals surface area (Å²) in [6, 6.07) is 14.0. The van der Waals surface area contributed by atoms with E-state index in [2.05, 4.69) is 32.4 Å². The minimum atomic E-state index is -0.226. The number of methoxy groups -OCH3 is 2. The van der Waals surface area contributed by atoms with E-state index in [1.54, 1.807) is 14.2 Å². The van der Waals surface area contributed by atoms with E-state index in [1.165, 1.54) is 11.1 Å². The number of rotatable bonds is 8. The Hall–Kier alpha value is -3.39. The number of benzene rings is 2. The first-order valence-corrected chi connectivity index (χ1v) is 11.4. The molecule has 1 saturated carbocycles. The number of carbonyl (C=O) groups excluding carboxylic acids is 1. The zero-order chi connectivity index (χ0) is 22.8. The summed E-state index contributed by atoms with van der Waals surface area (Å²) in [5.74, 6) is 2.80. The van der Waals surface area contributed by atoms with E-state index in [0.29, 0.717) is 12.5 Å². The van der Waals surface area contributed by atoms with Gasteiger partial charge in [-0.15, -0.1) is 5.10 Å². The Kier molecular flexibility index (Phi) is 6.00. The van der Waals surface area contributed by atoms with E-state index in [9.17, 15) is 4.79 Å². The molecule has 1 fully saturated rings. The van der Waals surface area contributed by atoms with E-state index >= 15 is 0 Å². The fourth-order valence-electron chi connectivity index (χ4n) is 4.32. The van der Waals surface area contributed by atoms with Crippen LogP contribution in [0.25, 0.3) is 5.69 Å². The van der Waals surface area contributed by atoms with Crippen molar-refractivity contribution in [1.29, 1.82) is 0 Å². The Balaban J connectivity index is 1.20. The van der Waals surface area contributed by atoms with Gasteiger partial charge in [-0.3, -0.25) is 9.69 Å². The monoisotopic (exact) mass is 447 g/mol. The van der Waals surface area contributed by atoms with Crippen molar-refractivity contribution in [2.75, 3.05) is 33.9 Å². The second-order valence-corrected chi connectivity index (χ2v) is 8.57. The lowest BCUT2D eigenvalue weighted by molar-refractivity contribution is 0.0937. The third-order valence-corrected chi connectivity index (χ3v) is 6.29. The summed E-state index contributed by atoms with van der Waals surface area (Å²) in [7, 11) is 3.32. The van der Waals surface area contributed by atoms with Crippen molar-refractivity contribution < 1.29 is 14.3 Å². The fraction of sp³-hybridized carbons (Fsp3) is 0.400. The molecule has 2 aliphatic rings. The van der Waals surface area contributed by atoms with E-state index < -0.39 is 0 Å². The summed E-state index contributed by atoms with van der Waals surface area (Å²) in [6.45, 7) is 3.05. The molecule has 33 heavy (non-hydrogen) atoms. The van der Waals surface area contributed by atoms with E-state index in [1.807, 2.05) is 35.0 Å². The van der Waals surface area contributed by atoms with Crippen LogP contribution in [-0.2, 0) is 13.0 Å². The van der Waals surface area contributed by atoms with Crippen molar-refractivity contribution >= 4 is 5.91 Å². The van der Waals surface area contributed by atoms with Crippen LogP contribution in [0.5, 0.6) is 11.5 Å². The lowest BCUT2D eigenvalue weighted by Gasteiger charge is -2.29. The highest BCUT2D eigenvalue weighted by atomic mass is 16.5. The van der Waals surface area contributed by atoms with Gasteiger partial charge in [0.25, 0.3) is 5.91 Å².